The van der Waals surface area contributed by atoms with Gasteiger partial charge in [0.2, 0.25) is 0 Å². The molecule has 9 rings (SSSR count). The van der Waals surface area contributed by atoms with Crippen molar-refractivity contribution in [2.45, 2.75) is 267 Å². The van der Waals surface area contributed by atoms with Crippen LogP contribution in [0.5, 0.6) is 0 Å². The van der Waals surface area contributed by atoms with Crippen LogP contribution in [0.2, 0.25) is 119 Å². The summed E-state index contributed by atoms with van der Waals surface area (Å²) in [6, 6.07) is 61.4. The Morgan fingerprint density at radius 1 is 0.221 bits per heavy atom. The van der Waals surface area contributed by atoms with Gasteiger partial charge in [0.15, 0.2) is 49.9 Å². The molecular weight excluding hydrogens is 1420 g/mol. The van der Waals surface area contributed by atoms with Gasteiger partial charge >= 0.3 is 0 Å². The maximum atomic E-state index is 7.79. The molecule has 0 saturated carbocycles. The Bertz CT molecular complexity index is 3580. The molecule has 2 aromatic heterocycles. The standard InChI is InChI=1S/C88H124Cl2N2O6Si6/c1-19-99(20-2,21-3)93-83(57-61-85(62-58-83,75-45-51-79(89)52-46-75)95-101(25-7,26-8)27-9)73-41-37-71(38-42-73)81-55-49-77(69-91-81)87(97-103(31-13,32-14)33-15)65-67-88(68-66-87,98-104(34-16,35-17)36-18)78-50-56-82(92-70-78)72-39-43-74(44-40-72)84(94-100(22-4,23-5)24-6)59-63-86(64-60-84,76-47-53-80(90)54-48-76)96-102(28-10,29-11)30-12/h37-70H,19-36H2,1-18H3. The molecule has 0 fully saturated rings. The van der Waals surface area contributed by atoms with Gasteiger partial charge in [0, 0.05) is 44.7 Å². The van der Waals surface area contributed by atoms with Crippen LogP contribution in [-0.2, 0) is 60.2 Å². The summed E-state index contributed by atoms with van der Waals surface area (Å²) in [6.45, 7) is 41.5. The topological polar surface area (TPSA) is 81.2 Å². The Kier molecular flexibility index (Phi) is 27.9. The molecule has 3 aliphatic rings. The van der Waals surface area contributed by atoms with Gasteiger partial charge in [-0.3, -0.25) is 9.97 Å². The summed E-state index contributed by atoms with van der Waals surface area (Å²) < 4.78 is 46.1. The fourth-order valence-electron chi connectivity index (χ4n) is 16.5. The van der Waals surface area contributed by atoms with Crippen LogP contribution in [-0.4, -0.2) is 59.9 Å². The number of aromatic nitrogens is 2. The molecule has 0 unspecified atom stereocenters. The van der Waals surface area contributed by atoms with Gasteiger partial charge in [0.25, 0.3) is 0 Å². The van der Waals surface area contributed by atoms with Crippen LogP contribution in [0, 0.1) is 0 Å². The number of hydrogen-bond donors (Lipinski definition) is 0. The molecule has 0 bridgehead atoms. The summed E-state index contributed by atoms with van der Waals surface area (Å²) in [4.78, 5) is 10.7. The first-order valence-corrected chi connectivity index (χ1v) is 56.0. The zero-order valence-electron chi connectivity index (χ0n) is 66.5. The van der Waals surface area contributed by atoms with E-state index in [1.807, 2.05) is 36.7 Å². The molecule has 16 heteroatoms. The smallest absolute Gasteiger partial charge is 0.194 e. The fourth-order valence-corrected chi connectivity index (χ4v) is 34.2. The van der Waals surface area contributed by atoms with E-state index in [-0.39, 0.29) is 0 Å². The Balaban J connectivity index is 1.06. The largest absolute Gasteiger partial charge is 0.401 e. The van der Waals surface area contributed by atoms with Crippen molar-refractivity contribution in [2.75, 3.05) is 0 Å². The van der Waals surface area contributed by atoms with Crippen molar-refractivity contribution in [3.63, 3.8) is 0 Å². The quantitative estimate of drug-likeness (QED) is 0.0280. The summed E-state index contributed by atoms with van der Waals surface area (Å²) in [7, 11) is -13.2. The summed E-state index contributed by atoms with van der Waals surface area (Å²) in [5.41, 5.74) is 5.31. The van der Waals surface area contributed by atoms with Gasteiger partial charge in [-0.2, -0.15) is 0 Å². The van der Waals surface area contributed by atoms with E-state index in [0.717, 1.165) is 165 Å². The maximum Gasteiger partial charge on any atom is 0.194 e. The highest BCUT2D eigenvalue weighted by Gasteiger charge is 2.51. The van der Waals surface area contributed by atoms with Crippen molar-refractivity contribution in [3.05, 3.63) is 250 Å². The number of pyridine rings is 2. The lowest BCUT2D eigenvalue weighted by Crippen LogP contribution is -2.48. The molecule has 0 N–H and O–H groups in total. The molecular formula is C88H124Cl2N2O6Si6. The summed E-state index contributed by atoms with van der Waals surface area (Å²) in [5, 5.41) is 1.42. The highest BCUT2D eigenvalue weighted by atomic mass is 35.5. The molecule has 2 heterocycles. The van der Waals surface area contributed by atoms with E-state index in [4.69, 9.17) is 59.7 Å². The molecule has 8 nitrogen and oxygen atoms in total. The van der Waals surface area contributed by atoms with Gasteiger partial charge in [0.1, 0.15) is 33.6 Å². The van der Waals surface area contributed by atoms with Crippen LogP contribution in [0.4, 0.5) is 0 Å². The van der Waals surface area contributed by atoms with Gasteiger partial charge in [0.05, 0.1) is 11.4 Å². The van der Waals surface area contributed by atoms with Crippen LogP contribution >= 0.6 is 23.2 Å². The predicted octanol–water partition coefficient (Wildman–Crippen LogP) is 26.9. The molecule has 0 amide bonds. The summed E-state index contributed by atoms with van der Waals surface area (Å²) >= 11 is 13.1. The number of benzene rings is 4. The van der Waals surface area contributed by atoms with Crippen LogP contribution in [0.15, 0.2) is 207 Å². The van der Waals surface area contributed by atoms with Crippen LogP contribution in [0.3, 0.4) is 0 Å². The third-order valence-electron chi connectivity index (χ3n) is 25.7. The van der Waals surface area contributed by atoms with Gasteiger partial charge in [-0.05, 0) is 240 Å². The van der Waals surface area contributed by atoms with Crippen molar-refractivity contribution < 1.29 is 26.6 Å². The molecule has 4 aromatic carbocycles. The zero-order valence-corrected chi connectivity index (χ0v) is 74.0. The molecule has 0 aliphatic heterocycles. The minimum atomic E-state index is -2.28. The first-order valence-electron chi connectivity index (χ1n) is 40.0. The highest BCUT2D eigenvalue weighted by Crippen LogP contribution is 2.51. The van der Waals surface area contributed by atoms with Gasteiger partial charge in [-0.25, -0.2) is 0 Å². The Morgan fingerprint density at radius 2 is 0.375 bits per heavy atom. The second kappa shape index (κ2) is 34.9. The van der Waals surface area contributed by atoms with Crippen LogP contribution < -0.4 is 0 Å². The summed E-state index contributed by atoms with van der Waals surface area (Å²) in [5.74, 6) is 0. The molecule has 3 aliphatic carbocycles. The van der Waals surface area contributed by atoms with Crippen molar-refractivity contribution in [2.24, 2.45) is 0 Å². The monoisotopic (exact) mass is 1540 g/mol. The minimum Gasteiger partial charge on any atom is -0.401 e. The number of rotatable bonds is 38. The van der Waals surface area contributed by atoms with E-state index in [9.17, 15) is 0 Å². The molecule has 0 radical (unpaired) electrons. The van der Waals surface area contributed by atoms with Gasteiger partial charge < -0.3 is 26.6 Å². The number of hydrogen-bond acceptors (Lipinski definition) is 8. The Hall–Kier alpha value is -4.74. The van der Waals surface area contributed by atoms with E-state index >= 15 is 0 Å². The second-order valence-corrected chi connectivity index (χ2v) is 58.9. The molecule has 6 aromatic rings. The zero-order chi connectivity index (χ0) is 75.4. The van der Waals surface area contributed by atoms with E-state index in [2.05, 4.69) is 295 Å². The Morgan fingerprint density at radius 3 is 0.529 bits per heavy atom. The lowest BCUT2D eigenvalue weighted by Gasteiger charge is -2.46. The molecule has 0 atom stereocenters. The first kappa shape index (κ1) is 83.3. The van der Waals surface area contributed by atoms with E-state index in [0.29, 0.717) is 10.0 Å². The normalized spacial score (nSPS) is 23.0. The molecule has 104 heavy (non-hydrogen) atoms. The molecule has 560 valence electrons. The highest BCUT2D eigenvalue weighted by molar-refractivity contribution is 6.76. The predicted molar refractivity (Wildman–Crippen MR) is 457 cm³/mol. The average Bonchev–Trinajstić information content (AvgIpc) is 0.752. The molecule has 0 saturated heterocycles. The number of halogens is 2. The third-order valence-corrected chi connectivity index (χ3v) is 54.0. The lowest BCUT2D eigenvalue weighted by molar-refractivity contribution is 0.121. The van der Waals surface area contributed by atoms with E-state index in [1.54, 1.807) is 0 Å². The fraction of sp³-hybridized carbons (Fsp3) is 0.477. The minimum absolute atomic E-state index is 0.710. The Labute approximate surface area is 644 Å². The van der Waals surface area contributed by atoms with Crippen molar-refractivity contribution in [3.8, 4) is 22.5 Å². The lowest BCUT2D eigenvalue weighted by atomic mass is 9.81. The van der Waals surface area contributed by atoms with Crippen molar-refractivity contribution >= 4 is 73.1 Å². The number of nitrogens with zero attached hydrogens (tertiary/aromatic N) is 2. The first-order chi connectivity index (χ1) is 49.9. The average molecular weight is 1550 g/mol. The van der Waals surface area contributed by atoms with Crippen LogP contribution in [0.1, 0.15) is 158 Å². The SMILES string of the molecule is CC[Si](CC)(CC)OC1(c2ccc(Cl)cc2)C=CC(O[Si](CC)(CC)CC)(c2ccc(-c3ccc(C4(O[Si](CC)(CC)CC)C=CC(O[Si](CC)(CC)CC)(c5ccc(-c6ccc(C7(O[Si](CC)(CC)CC)C=CC(O[Si](CC)(CC)CC)(c8ccc(Cl)cc8)C=C7)cc6)nc5)C=C4)cn3)cc2)C=C1. The second-order valence-electron chi connectivity index (χ2n) is 29.9. The van der Waals surface area contributed by atoms with Crippen molar-refractivity contribution in [1.82, 2.24) is 9.97 Å². The third kappa shape index (κ3) is 16.9. The van der Waals surface area contributed by atoms with Gasteiger partial charge in [-0.15, -0.1) is 0 Å². The van der Waals surface area contributed by atoms with E-state index in [1.165, 1.54) is 0 Å². The summed E-state index contributed by atoms with van der Waals surface area (Å²) in [6.07, 6.45) is 31.7. The van der Waals surface area contributed by atoms with Crippen LogP contribution in [0.25, 0.3) is 22.5 Å². The van der Waals surface area contributed by atoms with Crippen molar-refractivity contribution in [1.29, 1.82) is 0 Å². The molecule has 0 spiro atoms. The maximum absolute atomic E-state index is 7.79. The van der Waals surface area contributed by atoms with Gasteiger partial charge in [-0.1, -0.05) is 233 Å². The van der Waals surface area contributed by atoms with E-state index < -0.39 is 83.5 Å².